The molecule has 3 aromatic rings. The maximum atomic E-state index is 12.0. The van der Waals surface area contributed by atoms with Crippen molar-refractivity contribution in [2.24, 2.45) is 0 Å². The van der Waals surface area contributed by atoms with E-state index in [0.29, 0.717) is 19.6 Å². The highest BCUT2D eigenvalue weighted by Gasteiger charge is 2.10. The summed E-state index contributed by atoms with van der Waals surface area (Å²) >= 11 is 3.43. The van der Waals surface area contributed by atoms with Gasteiger partial charge in [-0.3, -0.25) is 9.69 Å². The fourth-order valence-electron chi connectivity index (χ4n) is 2.45. The Morgan fingerprint density at radius 1 is 1.16 bits per heavy atom. The molecule has 0 radical (unpaired) electrons. The van der Waals surface area contributed by atoms with E-state index in [1.165, 1.54) is 9.60 Å². The average Bonchev–Trinajstić information content (AvgIpc) is 3.01. The minimum Gasteiger partial charge on any atom is -0.354 e. The van der Waals surface area contributed by atoms with E-state index in [4.69, 9.17) is 0 Å². The summed E-state index contributed by atoms with van der Waals surface area (Å²) in [5, 5.41) is 4.02. The highest BCUT2D eigenvalue weighted by molar-refractivity contribution is 7.99. The van der Waals surface area contributed by atoms with Crippen LogP contribution in [0.2, 0.25) is 0 Å². The van der Waals surface area contributed by atoms with Crippen molar-refractivity contribution < 1.29 is 4.79 Å². The first-order valence-electron chi connectivity index (χ1n) is 8.18. The topological polar surface area (TPSA) is 45.2 Å². The summed E-state index contributed by atoms with van der Waals surface area (Å²) in [7, 11) is 1.95. The third-order valence-corrected chi connectivity index (χ3v) is 5.63. The summed E-state index contributed by atoms with van der Waals surface area (Å²) in [4.78, 5) is 19.9. The van der Waals surface area contributed by atoms with Crippen molar-refractivity contribution in [2.75, 3.05) is 25.9 Å². The molecule has 0 saturated heterocycles. The van der Waals surface area contributed by atoms with Gasteiger partial charge in [0.25, 0.3) is 0 Å². The molecule has 0 spiro atoms. The van der Waals surface area contributed by atoms with Crippen molar-refractivity contribution in [3.63, 3.8) is 0 Å². The van der Waals surface area contributed by atoms with Crippen LogP contribution in [0.15, 0.2) is 59.5 Å². The average molecular weight is 372 g/mol. The maximum Gasteiger partial charge on any atom is 0.234 e. The van der Waals surface area contributed by atoms with Crippen LogP contribution in [0.4, 0.5) is 0 Å². The second kappa shape index (κ2) is 8.99. The minimum atomic E-state index is 0.0530. The van der Waals surface area contributed by atoms with Gasteiger partial charge < -0.3 is 5.32 Å². The van der Waals surface area contributed by atoms with E-state index in [-0.39, 0.29) is 5.91 Å². The maximum absolute atomic E-state index is 12.0. The normalized spacial score (nSPS) is 11.1. The number of hydrogen-bond acceptors (Lipinski definition) is 5. The molecule has 130 valence electrons. The Morgan fingerprint density at radius 3 is 2.72 bits per heavy atom. The molecule has 0 fully saturated rings. The molecule has 25 heavy (non-hydrogen) atoms. The van der Waals surface area contributed by atoms with Crippen molar-refractivity contribution in [3.05, 3.63) is 59.6 Å². The molecule has 0 bridgehead atoms. The Bertz CT molecular complexity index is 787. The van der Waals surface area contributed by atoms with Gasteiger partial charge >= 0.3 is 0 Å². The number of benzene rings is 2. The molecule has 2 aromatic carbocycles. The molecule has 0 aliphatic rings. The SMILES string of the molecule is CN(CC(=O)NCCSc1ccccc1)Cc1nc2ccccc2s1. The zero-order chi connectivity index (χ0) is 17.5. The molecule has 4 nitrogen and oxygen atoms in total. The summed E-state index contributed by atoms with van der Waals surface area (Å²) in [5.41, 5.74) is 1.03. The smallest absolute Gasteiger partial charge is 0.234 e. The van der Waals surface area contributed by atoms with Gasteiger partial charge in [-0.15, -0.1) is 23.1 Å². The van der Waals surface area contributed by atoms with Crippen LogP contribution in [-0.2, 0) is 11.3 Å². The van der Waals surface area contributed by atoms with Gasteiger partial charge in [-0.2, -0.15) is 0 Å². The fourth-order valence-corrected chi connectivity index (χ4v) is 4.29. The van der Waals surface area contributed by atoms with E-state index in [2.05, 4.69) is 28.5 Å². The van der Waals surface area contributed by atoms with Crippen LogP contribution < -0.4 is 5.32 Å². The summed E-state index contributed by atoms with van der Waals surface area (Å²) in [5.74, 6) is 0.925. The molecule has 0 saturated carbocycles. The van der Waals surface area contributed by atoms with Gasteiger partial charge in [0.15, 0.2) is 0 Å². The van der Waals surface area contributed by atoms with Crippen molar-refractivity contribution >= 4 is 39.2 Å². The second-order valence-corrected chi connectivity index (χ2v) is 8.04. The molecular weight excluding hydrogens is 350 g/mol. The number of fused-ring (bicyclic) bond motifs is 1. The highest BCUT2D eigenvalue weighted by Crippen LogP contribution is 2.22. The van der Waals surface area contributed by atoms with Gasteiger partial charge in [-0.1, -0.05) is 30.3 Å². The number of aromatic nitrogens is 1. The molecule has 0 aliphatic carbocycles. The number of hydrogen-bond donors (Lipinski definition) is 1. The fraction of sp³-hybridized carbons (Fsp3) is 0.263. The van der Waals surface area contributed by atoms with Crippen molar-refractivity contribution in [3.8, 4) is 0 Å². The largest absolute Gasteiger partial charge is 0.354 e. The van der Waals surface area contributed by atoms with Crippen LogP contribution in [0.25, 0.3) is 10.2 Å². The molecule has 1 N–H and O–H groups in total. The Balaban J connectivity index is 1.38. The first-order chi connectivity index (χ1) is 12.2. The number of carbonyl (C=O) groups is 1. The number of rotatable bonds is 8. The number of para-hydroxylation sites is 1. The van der Waals surface area contributed by atoms with Crippen LogP contribution in [0.1, 0.15) is 5.01 Å². The highest BCUT2D eigenvalue weighted by atomic mass is 32.2. The van der Waals surface area contributed by atoms with Crippen LogP contribution in [0, 0.1) is 0 Å². The van der Waals surface area contributed by atoms with Crippen LogP contribution >= 0.6 is 23.1 Å². The van der Waals surface area contributed by atoms with Crippen LogP contribution in [0.3, 0.4) is 0 Å². The van der Waals surface area contributed by atoms with Crippen molar-refractivity contribution in [2.45, 2.75) is 11.4 Å². The van der Waals surface area contributed by atoms with Gasteiger partial charge in [0.1, 0.15) is 5.01 Å². The van der Waals surface area contributed by atoms with E-state index < -0.39 is 0 Å². The van der Waals surface area contributed by atoms with Gasteiger partial charge in [0.05, 0.1) is 23.3 Å². The third kappa shape index (κ3) is 5.56. The van der Waals surface area contributed by atoms with Crippen molar-refractivity contribution in [1.29, 1.82) is 0 Å². The first kappa shape index (κ1) is 17.9. The lowest BCUT2D eigenvalue weighted by Gasteiger charge is -2.14. The van der Waals surface area contributed by atoms with E-state index in [0.717, 1.165) is 16.3 Å². The molecule has 0 atom stereocenters. The number of nitrogens with one attached hydrogen (secondary N) is 1. The van der Waals surface area contributed by atoms with E-state index in [9.17, 15) is 4.79 Å². The number of amides is 1. The molecule has 3 rings (SSSR count). The third-order valence-electron chi connectivity index (χ3n) is 3.59. The van der Waals surface area contributed by atoms with Gasteiger partial charge in [0.2, 0.25) is 5.91 Å². The lowest BCUT2D eigenvalue weighted by atomic mass is 10.3. The zero-order valence-corrected chi connectivity index (χ0v) is 15.8. The van der Waals surface area contributed by atoms with E-state index in [1.807, 2.05) is 48.3 Å². The predicted octanol–water partition coefficient (Wildman–Crippen LogP) is 3.64. The molecular formula is C19H21N3OS2. The Hall–Kier alpha value is -1.89. The number of carbonyl (C=O) groups excluding carboxylic acids is 1. The molecule has 1 amide bonds. The summed E-state index contributed by atoms with van der Waals surface area (Å²) in [6.07, 6.45) is 0. The van der Waals surface area contributed by atoms with Gasteiger partial charge in [-0.25, -0.2) is 4.98 Å². The molecule has 6 heteroatoms. The van der Waals surface area contributed by atoms with E-state index in [1.54, 1.807) is 23.1 Å². The Labute approximate surface area is 156 Å². The Kier molecular flexibility index (Phi) is 6.44. The lowest BCUT2D eigenvalue weighted by Crippen LogP contribution is -2.35. The zero-order valence-electron chi connectivity index (χ0n) is 14.1. The minimum absolute atomic E-state index is 0.0530. The summed E-state index contributed by atoms with van der Waals surface area (Å²) in [6, 6.07) is 18.3. The predicted molar refractivity (Wildman–Crippen MR) is 106 cm³/mol. The van der Waals surface area contributed by atoms with Crippen LogP contribution in [0.5, 0.6) is 0 Å². The number of thioether (sulfide) groups is 1. The summed E-state index contributed by atoms with van der Waals surface area (Å²) < 4.78 is 1.19. The Morgan fingerprint density at radius 2 is 1.92 bits per heavy atom. The molecule has 1 heterocycles. The first-order valence-corrected chi connectivity index (χ1v) is 9.98. The van der Waals surface area contributed by atoms with Crippen molar-refractivity contribution in [1.82, 2.24) is 15.2 Å². The monoisotopic (exact) mass is 371 g/mol. The molecule has 0 unspecified atom stereocenters. The van der Waals surface area contributed by atoms with E-state index >= 15 is 0 Å². The quantitative estimate of drug-likeness (QED) is 0.485. The number of nitrogens with zero attached hydrogens (tertiary/aromatic N) is 2. The second-order valence-electron chi connectivity index (χ2n) is 5.76. The standard InChI is InChI=1S/C19H21N3OS2/c1-22(14-19-21-16-9-5-6-10-17(16)25-19)13-18(23)20-11-12-24-15-7-3-2-4-8-15/h2-10H,11-14H2,1H3,(H,20,23). The van der Waals surface area contributed by atoms with Crippen LogP contribution in [-0.4, -0.2) is 41.7 Å². The lowest BCUT2D eigenvalue weighted by molar-refractivity contribution is -0.121. The van der Waals surface area contributed by atoms with Gasteiger partial charge in [0, 0.05) is 17.2 Å². The van der Waals surface area contributed by atoms with Gasteiger partial charge in [-0.05, 0) is 31.3 Å². The number of likely N-dealkylation sites (N-methyl/N-ethyl adjacent to an activating group) is 1. The number of thiazole rings is 1. The molecule has 1 aromatic heterocycles. The summed E-state index contributed by atoms with van der Waals surface area (Å²) in [6.45, 7) is 1.74. The molecule has 0 aliphatic heterocycles.